The van der Waals surface area contributed by atoms with E-state index in [0.29, 0.717) is 26.1 Å². The Morgan fingerprint density at radius 3 is 2.48 bits per heavy atom. The molecule has 0 radical (unpaired) electrons. The highest BCUT2D eigenvalue weighted by Crippen LogP contribution is 2.24. The molecule has 2 amide bonds. The molecule has 0 spiro atoms. The second-order valence-electron chi connectivity index (χ2n) is 7.51. The summed E-state index contributed by atoms with van der Waals surface area (Å²) < 4.78 is 5.22. The van der Waals surface area contributed by atoms with Crippen LogP contribution < -0.4 is 9.64 Å². The van der Waals surface area contributed by atoms with Gasteiger partial charge in [-0.3, -0.25) is 9.59 Å². The van der Waals surface area contributed by atoms with Crippen molar-refractivity contribution >= 4 is 28.8 Å². The molecule has 3 heterocycles. The van der Waals surface area contributed by atoms with E-state index in [9.17, 15) is 9.59 Å². The topological polar surface area (TPSA) is 53.1 Å². The van der Waals surface area contributed by atoms with Crippen molar-refractivity contribution in [3.8, 4) is 5.75 Å². The van der Waals surface area contributed by atoms with Crippen molar-refractivity contribution in [2.45, 2.75) is 25.3 Å². The van der Waals surface area contributed by atoms with Crippen LogP contribution in [0.1, 0.15) is 17.7 Å². The number of benzene rings is 1. The smallest absolute Gasteiger partial charge is 0.245 e. The Kier molecular flexibility index (Phi) is 6.04. The Morgan fingerprint density at radius 2 is 1.83 bits per heavy atom. The molecule has 0 bridgehead atoms. The van der Waals surface area contributed by atoms with Crippen LogP contribution >= 0.6 is 11.3 Å². The van der Waals surface area contributed by atoms with Crippen molar-refractivity contribution < 1.29 is 14.3 Å². The molecule has 2 fully saturated rings. The number of likely N-dealkylation sites (tertiary alicyclic amines) is 1. The second-order valence-corrected chi connectivity index (χ2v) is 8.54. The number of carbonyl (C=O) groups is 2. The molecule has 2 aliphatic heterocycles. The minimum Gasteiger partial charge on any atom is -0.497 e. The Hall–Kier alpha value is -2.54. The van der Waals surface area contributed by atoms with Gasteiger partial charge in [0.25, 0.3) is 0 Å². The summed E-state index contributed by atoms with van der Waals surface area (Å²) in [6, 6.07) is 11.7. The lowest BCUT2D eigenvalue weighted by atomic mass is 10.1. The van der Waals surface area contributed by atoms with Gasteiger partial charge < -0.3 is 19.4 Å². The monoisotopic (exact) mass is 413 g/mol. The number of amides is 2. The highest BCUT2D eigenvalue weighted by atomic mass is 32.1. The highest BCUT2D eigenvalue weighted by Gasteiger charge is 2.37. The number of carbonyl (C=O) groups excluding carboxylic acids is 2. The Balaban J connectivity index is 1.34. The average molecular weight is 414 g/mol. The van der Waals surface area contributed by atoms with Gasteiger partial charge in [-0.1, -0.05) is 6.07 Å². The fraction of sp³-hybridized carbons (Fsp3) is 0.455. The molecule has 1 aromatic heterocycles. The van der Waals surface area contributed by atoms with Gasteiger partial charge in [-0.25, -0.2) is 0 Å². The molecular formula is C22H27N3O3S. The first-order valence-electron chi connectivity index (χ1n) is 10.2. The summed E-state index contributed by atoms with van der Waals surface area (Å²) in [5.41, 5.74) is 1.14. The van der Waals surface area contributed by atoms with Gasteiger partial charge in [0, 0.05) is 43.3 Å². The van der Waals surface area contributed by atoms with Gasteiger partial charge in [0.15, 0.2) is 0 Å². The van der Waals surface area contributed by atoms with E-state index in [1.54, 1.807) is 23.3 Å². The first kappa shape index (κ1) is 19.8. The lowest BCUT2D eigenvalue weighted by molar-refractivity contribution is -0.143. The van der Waals surface area contributed by atoms with E-state index in [1.165, 1.54) is 0 Å². The van der Waals surface area contributed by atoms with Crippen LogP contribution in [0.25, 0.3) is 0 Å². The Bertz CT molecular complexity index is 829. The maximum absolute atomic E-state index is 13.1. The lowest BCUT2D eigenvalue weighted by Gasteiger charge is -2.38. The van der Waals surface area contributed by atoms with Gasteiger partial charge in [0.1, 0.15) is 11.8 Å². The zero-order valence-corrected chi connectivity index (χ0v) is 17.6. The molecule has 154 valence electrons. The summed E-state index contributed by atoms with van der Waals surface area (Å²) in [5.74, 6) is 1.02. The van der Waals surface area contributed by atoms with Crippen molar-refractivity contribution in [2.75, 3.05) is 44.7 Å². The Labute approximate surface area is 175 Å². The summed E-state index contributed by atoms with van der Waals surface area (Å²) in [7, 11) is 1.66. The number of methoxy groups -OCH3 is 1. The van der Waals surface area contributed by atoms with Crippen LogP contribution in [0.15, 0.2) is 41.8 Å². The van der Waals surface area contributed by atoms with Crippen LogP contribution in [-0.2, 0) is 16.0 Å². The molecule has 0 N–H and O–H groups in total. The van der Waals surface area contributed by atoms with Gasteiger partial charge in [-0.15, -0.1) is 11.3 Å². The van der Waals surface area contributed by atoms with Gasteiger partial charge in [0.2, 0.25) is 11.8 Å². The van der Waals surface area contributed by atoms with Crippen molar-refractivity contribution in [3.63, 3.8) is 0 Å². The van der Waals surface area contributed by atoms with E-state index in [2.05, 4.69) is 17.0 Å². The maximum atomic E-state index is 13.1. The standard InChI is InChI=1S/C22H27N3O3S/c1-28-18-8-6-17(7-9-18)23-11-13-24(14-12-23)22(27)20-5-2-10-25(20)21(26)16-19-4-3-15-29-19/h3-4,6-9,15,20H,2,5,10-14,16H2,1H3. The predicted molar refractivity (Wildman–Crippen MR) is 115 cm³/mol. The largest absolute Gasteiger partial charge is 0.497 e. The zero-order valence-electron chi connectivity index (χ0n) is 16.8. The molecule has 0 aliphatic carbocycles. The summed E-state index contributed by atoms with van der Waals surface area (Å²) in [6.07, 6.45) is 2.07. The normalized spacial score (nSPS) is 19.5. The molecule has 1 atom stereocenters. The SMILES string of the molecule is COc1ccc(N2CCN(C(=O)C3CCCN3C(=O)Cc3cccs3)CC2)cc1. The summed E-state index contributed by atoms with van der Waals surface area (Å²) in [4.78, 5) is 33.0. The molecule has 4 rings (SSSR count). The lowest BCUT2D eigenvalue weighted by Crippen LogP contribution is -2.54. The molecule has 1 unspecified atom stereocenters. The van der Waals surface area contributed by atoms with E-state index >= 15 is 0 Å². The zero-order chi connectivity index (χ0) is 20.2. The van der Waals surface area contributed by atoms with Crippen LogP contribution in [0, 0.1) is 0 Å². The average Bonchev–Trinajstić information content (AvgIpc) is 3.45. The molecule has 1 aromatic carbocycles. The molecular weight excluding hydrogens is 386 g/mol. The van der Waals surface area contributed by atoms with E-state index in [-0.39, 0.29) is 17.9 Å². The van der Waals surface area contributed by atoms with E-state index in [0.717, 1.165) is 42.2 Å². The quantitative estimate of drug-likeness (QED) is 0.756. The van der Waals surface area contributed by atoms with Crippen LogP contribution in [0.2, 0.25) is 0 Å². The minimum absolute atomic E-state index is 0.0696. The number of hydrogen-bond donors (Lipinski definition) is 0. The number of anilines is 1. The van der Waals surface area contributed by atoms with Gasteiger partial charge in [0.05, 0.1) is 13.5 Å². The van der Waals surface area contributed by atoms with Crippen LogP contribution in [-0.4, -0.2) is 67.5 Å². The van der Waals surface area contributed by atoms with Crippen LogP contribution in [0.5, 0.6) is 5.75 Å². The molecule has 2 aliphatic rings. The maximum Gasteiger partial charge on any atom is 0.245 e. The third kappa shape index (κ3) is 4.40. The van der Waals surface area contributed by atoms with Crippen LogP contribution in [0.3, 0.4) is 0 Å². The molecule has 29 heavy (non-hydrogen) atoms. The summed E-state index contributed by atoms with van der Waals surface area (Å²) in [5, 5.41) is 1.98. The van der Waals surface area contributed by atoms with Gasteiger partial charge >= 0.3 is 0 Å². The fourth-order valence-corrected chi connectivity index (χ4v) is 4.87. The van der Waals surface area contributed by atoms with E-state index < -0.39 is 0 Å². The highest BCUT2D eigenvalue weighted by molar-refractivity contribution is 7.10. The fourth-order valence-electron chi connectivity index (χ4n) is 4.17. The van der Waals surface area contributed by atoms with Crippen molar-refractivity contribution in [2.24, 2.45) is 0 Å². The number of rotatable bonds is 5. The molecule has 0 saturated carbocycles. The minimum atomic E-state index is -0.296. The number of ether oxygens (including phenoxy) is 1. The number of thiophene rings is 1. The number of hydrogen-bond acceptors (Lipinski definition) is 5. The van der Waals surface area contributed by atoms with Crippen LogP contribution in [0.4, 0.5) is 5.69 Å². The molecule has 2 saturated heterocycles. The molecule has 7 heteroatoms. The number of nitrogens with zero attached hydrogens (tertiary/aromatic N) is 3. The molecule has 6 nitrogen and oxygen atoms in total. The first-order valence-corrected chi connectivity index (χ1v) is 11.0. The van der Waals surface area contributed by atoms with Crippen molar-refractivity contribution in [1.29, 1.82) is 0 Å². The van der Waals surface area contributed by atoms with E-state index in [4.69, 9.17) is 4.74 Å². The number of piperazine rings is 1. The molecule has 2 aromatic rings. The van der Waals surface area contributed by atoms with Crippen molar-refractivity contribution in [3.05, 3.63) is 46.7 Å². The predicted octanol–water partition coefficient (Wildman–Crippen LogP) is 2.64. The summed E-state index contributed by atoms with van der Waals surface area (Å²) in [6.45, 7) is 3.66. The van der Waals surface area contributed by atoms with E-state index in [1.807, 2.05) is 34.5 Å². The second kappa shape index (κ2) is 8.86. The Morgan fingerprint density at radius 1 is 1.07 bits per heavy atom. The van der Waals surface area contributed by atoms with Gasteiger partial charge in [-0.2, -0.15) is 0 Å². The third-order valence-electron chi connectivity index (χ3n) is 5.79. The first-order chi connectivity index (χ1) is 14.2. The summed E-state index contributed by atoms with van der Waals surface area (Å²) >= 11 is 1.59. The third-order valence-corrected chi connectivity index (χ3v) is 6.67. The van der Waals surface area contributed by atoms with Gasteiger partial charge in [-0.05, 0) is 48.6 Å². The van der Waals surface area contributed by atoms with Crippen molar-refractivity contribution in [1.82, 2.24) is 9.80 Å².